The van der Waals surface area contributed by atoms with E-state index < -0.39 is 10.1 Å². The molecule has 0 bridgehead atoms. The van der Waals surface area contributed by atoms with Crippen molar-refractivity contribution in [3.05, 3.63) is 108 Å². The Bertz CT molecular complexity index is 1500. The molecular formula is C28H24O4S. The van der Waals surface area contributed by atoms with Crippen molar-refractivity contribution in [2.45, 2.75) is 25.2 Å². The maximum atomic E-state index is 10.4. The zero-order chi connectivity index (χ0) is 23.4. The number of aryl methyl sites for hydroxylation is 2. The first kappa shape index (κ1) is 22.6. The van der Waals surface area contributed by atoms with Crippen LogP contribution in [0.3, 0.4) is 0 Å². The van der Waals surface area contributed by atoms with Crippen molar-refractivity contribution in [3.63, 3.8) is 0 Å². The van der Waals surface area contributed by atoms with Gasteiger partial charge in [-0.15, -0.1) is 0 Å². The van der Waals surface area contributed by atoms with Crippen molar-refractivity contribution >= 4 is 31.9 Å². The van der Waals surface area contributed by atoms with Gasteiger partial charge in [-0.3, -0.25) is 0 Å². The SMILES string of the molecule is CCc1ccc(-c2ccc3c(ccc4ccccc43)[o+]2)cc1.Cc1ccc(S(=O)(=O)[O-])cc1. The molecule has 0 atom stereocenters. The summed E-state index contributed by atoms with van der Waals surface area (Å²) in [5, 5.41) is 3.63. The summed E-state index contributed by atoms with van der Waals surface area (Å²) in [5.74, 6) is 0.908. The minimum Gasteiger partial charge on any atom is -0.744 e. The lowest BCUT2D eigenvalue weighted by Gasteiger charge is -2.05. The van der Waals surface area contributed by atoms with E-state index in [0.29, 0.717) is 0 Å². The Morgan fingerprint density at radius 3 is 2.12 bits per heavy atom. The highest BCUT2D eigenvalue weighted by Gasteiger charge is 2.15. The molecule has 4 nitrogen and oxygen atoms in total. The molecule has 0 unspecified atom stereocenters. The molecule has 0 radical (unpaired) electrons. The third kappa shape index (κ3) is 5.28. The first-order chi connectivity index (χ1) is 15.8. The Hall–Kier alpha value is -3.54. The third-order valence-corrected chi connectivity index (χ3v) is 6.36. The number of hydrogen-bond acceptors (Lipinski definition) is 3. The van der Waals surface area contributed by atoms with Crippen molar-refractivity contribution < 1.29 is 17.4 Å². The molecule has 33 heavy (non-hydrogen) atoms. The normalized spacial score (nSPS) is 11.2. The van der Waals surface area contributed by atoms with E-state index in [-0.39, 0.29) is 4.90 Å². The van der Waals surface area contributed by atoms with E-state index in [1.807, 2.05) is 6.92 Å². The molecule has 0 aliphatic rings. The van der Waals surface area contributed by atoms with Crippen molar-refractivity contribution in [3.8, 4) is 11.3 Å². The summed E-state index contributed by atoms with van der Waals surface area (Å²) in [4.78, 5) is -0.178. The summed E-state index contributed by atoms with van der Waals surface area (Å²) in [6.45, 7) is 3.99. The van der Waals surface area contributed by atoms with Gasteiger partial charge in [-0.1, -0.05) is 61.0 Å². The minimum absolute atomic E-state index is 0.178. The molecule has 0 fully saturated rings. The van der Waals surface area contributed by atoms with Crippen LogP contribution in [0.2, 0.25) is 0 Å². The monoisotopic (exact) mass is 456 g/mol. The predicted octanol–water partition coefficient (Wildman–Crippen LogP) is 7.00. The van der Waals surface area contributed by atoms with Crippen molar-refractivity contribution in [1.29, 1.82) is 0 Å². The average molecular weight is 457 g/mol. The summed E-state index contributed by atoms with van der Waals surface area (Å²) in [6, 6.07) is 31.2. The number of benzene rings is 4. The Kier molecular flexibility index (Phi) is 6.54. The zero-order valence-electron chi connectivity index (χ0n) is 18.5. The topological polar surface area (TPSA) is 68.5 Å². The van der Waals surface area contributed by atoms with Gasteiger partial charge in [0.2, 0.25) is 0 Å². The highest BCUT2D eigenvalue weighted by molar-refractivity contribution is 7.85. The van der Waals surface area contributed by atoms with Gasteiger partial charge >= 0.3 is 11.3 Å². The molecule has 0 saturated carbocycles. The van der Waals surface area contributed by atoms with Crippen molar-refractivity contribution in [1.82, 2.24) is 0 Å². The molecule has 0 aliphatic heterocycles. The summed E-state index contributed by atoms with van der Waals surface area (Å²) in [5.41, 5.74) is 4.32. The standard InChI is InChI=1S/C21H17O.C7H8O3S/c1-2-15-7-9-17(10-8-15)20-14-12-19-18-6-4-3-5-16(18)11-13-21(19)22-20;1-6-2-4-7(5-3-6)11(8,9)10/h3-14H,2H2,1H3;2-5H,1H3,(H,8,9,10)/q+1;/p-1. The molecule has 5 aromatic rings. The highest BCUT2D eigenvalue weighted by Crippen LogP contribution is 2.29. The number of hydrogen-bond donors (Lipinski definition) is 0. The molecule has 4 aromatic carbocycles. The third-order valence-electron chi connectivity index (χ3n) is 5.51. The van der Waals surface area contributed by atoms with Crippen LogP contribution in [0.25, 0.3) is 33.1 Å². The quantitative estimate of drug-likeness (QED) is 0.167. The number of rotatable bonds is 3. The van der Waals surface area contributed by atoms with Crippen LogP contribution >= 0.6 is 0 Å². The molecule has 5 heteroatoms. The van der Waals surface area contributed by atoms with E-state index in [2.05, 4.69) is 79.7 Å². The van der Waals surface area contributed by atoms with Crippen LogP contribution < -0.4 is 0 Å². The van der Waals surface area contributed by atoms with Crippen LogP contribution in [0.4, 0.5) is 0 Å². The molecular weight excluding hydrogens is 432 g/mol. The second kappa shape index (κ2) is 9.53. The Morgan fingerprint density at radius 2 is 1.45 bits per heavy atom. The summed E-state index contributed by atoms with van der Waals surface area (Å²) in [6.07, 6.45) is 1.06. The molecule has 1 aromatic heterocycles. The highest BCUT2D eigenvalue weighted by atomic mass is 32.2. The molecule has 0 aliphatic carbocycles. The van der Waals surface area contributed by atoms with Crippen molar-refractivity contribution in [2.24, 2.45) is 0 Å². The molecule has 1 heterocycles. The van der Waals surface area contributed by atoms with Crippen LogP contribution in [0.15, 0.2) is 106 Å². The summed E-state index contributed by atoms with van der Waals surface area (Å²) < 4.78 is 37.3. The van der Waals surface area contributed by atoms with Gasteiger partial charge in [0, 0.05) is 12.1 Å². The van der Waals surface area contributed by atoms with Gasteiger partial charge in [-0.05, 0) is 66.1 Å². The minimum atomic E-state index is -4.27. The van der Waals surface area contributed by atoms with Gasteiger partial charge in [0.1, 0.15) is 10.1 Å². The van der Waals surface area contributed by atoms with E-state index in [1.165, 1.54) is 28.5 Å². The lowest BCUT2D eigenvalue weighted by molar-refractivity contribution is 0.463. The van der Waals surface area contributed by atoms with E-state index in [4.69, 9.17) is 4.42 Å². The van der Waals surface area contributed by atoms with Crippen LogP contribution in [0.5, 0.6) is 0 Å². The van der Waals surface area contributed by atoms with Crippen LogP contribution in [-0.4, -0.2) is 13.0 Å². The Labute approximate surface area is 193 Å². The van der Waals surface area contributed by atoms with E-state index in [9.17, 15) is 13.0 Å². The summed E-state index contributed by atoms with van der Waals surface area (Å²) >= 11 is 0. The van der Waals surface area contributed by atoms with E-state index in [1.54, 1.807) is 12.1 Å². The largest absolute Gasteiger partial charge is 0.744 e. The molecule has 0 amide bonds. The second-order valence-corrected chi connectivity index (χ2v) is 9.20. The van der Waals surface area contributed by atoms with Gasteiger partial charge in [0.15, 0.2) is 0 Å². The number of fused-ring (bicyclic) bond motifs is 3. The second-order valence-electron chi connectivity index (χ2n) is 7.82. The first-order valence-corrected chi connectivity index (χ1v) is 12.1. The van der Waals surface area contributed by atoms with E-state index in [0.717, 1.165) is 34.3 Å². The van der Waals surface area contributed by atoms with Crippen LogP contribution in [0.1, 0.15) is 18.1 Å². The Morgan fingerprint density at radius 1 is 0.758 bits per heavy atom. The van der Waals surface area contributed by atoms with Gasteiger partial charge in [-0.25, -0.2) is 12.8 Å². The van der Waals surface area contributed by atoms with Gasteiger partial charge in [0.25, 0.3) is 0 Å². The molecule has 166 valence electrons. The van der Waals surface area contributed by atoms with Crippen LogP contribution in [0, 0.1) is 6.92 Å². The molecule has 0 N–H and O–H groups in total. The average Bonchev–Trinajstić information content (AvgIpc) is 2.84. The molecule has 5 rings (SSSR count). The van der Waals surface area contributed by atoms with E-state index >= 15 is 0 Å². The van der Waals surface area contributed by atoms with Gasteiger partial charge in [0.05, 0.1) is 15.8 Å². The molecule has 0 saturated heterocycles. The maximum absolute atomic E-state index is 10.4. The predicted molar refractivity (Wildman–Crippen MR) is 132 cm³/mol. The smallest absolute Gasteiger partial charge is 0.361 e. The maximum Gasteiger partial charge on any atom is 0.361 e. The fraction of sp³-hybridized carbons (Fsp3) is 0.107. The first-order valence-electron chi connectivity index (χ1n) is 10.7. The van der Waals surface area contributed by atoms with Gasteiger partial charge in [-0.2, -0.15) is 0 Å². The lowest BCUT2D eigenvalue weighted by atomic mass is 10.0. The molecule has 0 spiro atoms. The fourth-order valence-corrected chi connectivity index (χ4v) is 4.08. The van der Waals surface area contributed by atoms with Gasteiger partial charge < -0.3 is 4.55 Å². The van der Waals surface area contributed by atoms with Crippen molar-refractivity contribution in [2.75, 3.05) is 0 Å². The van der Waals surface area contributed by atoms with Crippen LogP contribution in [-0.2, 0) is 16.5 Å². The zero-order valence-corrected chi connectivity index (χ0v) is 19.3. The fourth-order valence-electron chi connectivity index (χ4n) is 3.61. The lowest BCUT2D eigenvalue weighted by Crippen LogP contribution is -1.97. The summed E-state index contributed by atoms with van der Waals surface area (Å²) in [7, 11) is -4.27. The Balaban J connectivity index is 0.000000200.